The van der Waals surface area contributed by atoms with E-state index in [9.17, 15) is 4.79 Å². The monoisotopic (exact) mass is 520 g/mol. The molecular formula is C28H26Cl2N4O2. The number of benzene rings is 2. The SMILES string of the molecule is COc1ccc(C=CCN2CCc3c(c4cccc(Cl)c4n3C(=O)NCc3ccnc(Cl)c3)C2)cc1. The summed E-state index contributed by atoms with van der Waals surface area (Å²) in [5, 5.41) is 4.99. The number of carbonyl (C=O) groups excluding carboxylic acids is 1. The van der Waals surface area contributed by atoms with Gasteiger partial charge in [-0.25, -0.2) is 9.78 Å². The van der Waals surface area contributed by atoms with Crippen LogP contribution in [0.25, 0.3) is 17.0 Å². The molecule has 1 aliphatic rings. The van der Waals surface area contributed by atoms with E-state index in [0.717, 1.165) is 65.1 Å². The third-order valence-corrected chi connectivity index (χ3v) is 6.94. The number of rotatable bonds is 6. The van der Waals surface area contributed by atoms with Crippen LogP contribution < -0.4 is 10.1 Å². The molecule has 2 aromatic heterocycles. The normalized spacial score (nSPS) is 13.8. The Morgan fingerprint density at radius 1 is 1.17 bits per heavy atom. The zero-order chi connectivity index (χ0) is 25.1. The van der Waals surface area contributed by atoms with Gasteiger partial charge < -0.3 is 10.1 Å². The van der Waals surface area contributed by atoms with E-state index in [-0.39, 0.29) is 6.03 Å². The fourth-order valence-electron chi connectivity index (χ4n) is 4.66. The first kappa shape index (κ1) is 24.4. The van der Waals surface area contributed by atoms with Crippen LogP contribution in [0.2, 0.25) is 10.2 Å². The molecule has 5 rings (SSSR count). The number of hydrogen-bond acceptors (Lipinski definition) is 4. The third kappa shape index (κ3) is 5.12. The summed E-state index contributed by atoms with van der Waals surface area (Å²) in [5.41, 5.74) is 4.93. The standard InChI is InChI=1S/C28H26Cl2N4O2/c1-36-21-9-7-19(8-10-21)4-3-14-33-15-12-25-23(18-33)22-5-2-6-24(29)27(22)34(25)28(35)32-17-20-11-13-31-26(30)16-20/h2-11,13,16H,12,14-15,17-18H2,1H3,(H,32,35). The van der Waals surface area contributed by atoms with Gasteiger partial charge in [-0.3, -0.25) is 9.47 Å². The van der Waals surface area contributed by atoms with Gasteiger partial charge in [0.15, 0.2) is 0 Å². The van der Waals surface area contributed by atoms with Gasteiger partial charge in [-0.15, -0.1) is 0 Å². The molecule has 6 nitrogen and oxygen atoms in total. The molecule has 0 atom stereocenters. The van der Waals surface area contributed by atoms with Crippen molar-refractivity contribution in [3.05, 3.63) is 99.4 Å². The Bertz CT molecular complexity index is 1430. The highest BCUT2D eigenvalue weighted by Crippen LogP contribution is 2.34. The molecule has 0 bridgehead atoms. The molecule has 1 N–H and O–H groups in total. The summed E-state index contributed by atoms with van der Waals surface area (Å²) in [4.78, 5) is 19.7. The van der Waals surface area contributed by atoms with Crippen molar-refractivity contribution in [2.45, 2.75) is 19.5 Å². The molecule has 1 aliphatic heterocycles. The second kappa shape index (κ2) is 10.7. The fourth-order valence-corrected chi connectivity index (χ4v) is 5.11. The Morgan fingerprint density at radius 3 is 2.78 bits per heavy atom. The van der Waals surface area contributed by atoms with Crippen molar-refractivity contribution >= 4 is 46.2 Å². The van der Waals surface area contributed by atoms with Gasteiger partial charge in [-0.2, -0.15) is 0 Å². The van der Waals surface area contributed by atoms with Gasteiger partial charge in [-0.1, -0.05) is 59.6 Å². The highest BCUT2D eigenvalue weighted by molar-refractivity contribution is 6.35. The number of methoxy groups -OCH3 is 1. The first-order chi connectivity index (χ1) is 17.5. The van der Waals surface area contributed by atoms with E-state index in [4.69, 9.17) is 27.9 Å². The lowest BCUT2D eigenvalue weighted by atomic mass is 10.0. The summed E-state index contributed by atoms with van der Waals surface area (Å²) in [6, 6.07) is 17.2. The van der Waals surface area contributed by atoms with Gasteiger partial charge in [0, 0.05) is 49.9 Å². The molecule has 36 heavy (non-hydrogen) atoms. The molecular weight excluding hydrogens is 495 g/mol. The topological polar surface area (TPSA) is 59.4 Å². The van der Waals surface area contributed by atoms with Gasteiger partial charge in [0.1, 0.15) is 10.9 Å². The molecule has 184 valence electrons. The van der Waals surface area contributed by atoms with E-state index in [1.165, 1.54) is 0 Å². The molecule has 0 saturated carbocycles. The number of aromatic nitrogens is 2. The Kier molecular flexibility index (Phi) is 7.28. The van der Waals surface area contributed by atoms with Crippen LogP contribution in [0.15, 0.2) is 66.9 Å². The van der Waals surface area contributed by atoms with Crippen LogP contribution in [0.3, 0.4) is 0 Å². The summed E-state index contributed by atoms with van der Waals surface area (Å²) in [6.07, 6.45) is 6.68. The zero-order valence-corrected chi connectivity index (χ0v) is 21.4. The lowest BCUT2D eigenvalue weighted by Gasteiger charge is -2.27. The summed E-state index contributed by atoms with van der Waals surface area (Å²) in [5.74, 6) is 0.847. The predicted molar refractivity (Wildman–Crippen MR) is 145 cm³/mol. The van der Waals surface area contributed by atoms with Gasteiger partial charge in [0.2, 0.25) is 0 Å². The maximum absolute atomic E-state index is 13.4. The van der Waals surface area contributed by atoms with Gasteiger partial charge in [-0.05, 0) is 47.0 Å². The van der Waals surface area contributed by atoms with Crippen LogP contribution >= 0.6 is 23.2 Å². The molecule has 0 radical (unpaired) electrons. The molecule has 0 aliphatic carbocycles. The van der Waals surface area contributed by atoms with E-state index < -0.39 is 0 Å². The summed E-state index contributed by atoms with van der Waals surface area (Å²) in [7, 11) is 1.67. The minimum absolute atomic E-state index is 0.199. The van der Waals surface area contributed by atoms with E-state index in [2.05, 4.69) is 27.4 Å². The number of nitrogens with zero attached hydrogens (tertiary/aromatic N) is 3. The Morgan fingerprint density at radius 2 is 2.00 bits per heavy atom. The van der Waals surface area contributed by atoms with Gasteiger partial charge in [0.05, 0.1) is 17.6 Å². The third-order valence-electron chi connectivity index (χ3n) is 6.43. The van der Waals surface area contributed by atoms with Crippen LogP contribution in [0.1, 0.15) is 22.4 Å². The number of hydrogen-bond donors (Lipinski definition) is 1. The maximum atomic E-state index is 13.4. The lowest BCUT2D eigenvalue weighted by Crippen LogP contribution is -2.34. The molecule has 8 heteroatoms. The molecule has 1 amide bonds. The number of halogens is 2. The molecule has 0 spiro atoms. The highest BCUT2D eigenvalue weighted by atomic mass is 35.5. The largest absolute Gasteiger partial charge is 0.497 e. The van der Waals surface area contributed by atoms with Crippen molar-refractivity contribution in [3.63, 3.8) is 0 Å². The van der Waals surface area contributed by atoms with Crippen LogP contribution in [0, 0.1) is 0 Å². The summed E-state index contributed by atoms with van der Waals surface area (Å²) < 4.78 is 6.98. The Labute approximate surface area is 220 Å². The average Bonchev–Trinajstić information content (AvgIpc) is 3.23. The van der Waals surface area contributed by atoms with Gasteiger partial charge in [0.25, 0.3) is 0 Å². The Hall–Kier alpha value is -3.32. The van der Waals surface area contributed by atoms with Crippen molar-refractivity contribution < 1.29 is 9.53 Å². The molecule has 3 heterocycles. The highest BCUT2D eigenvalue weighted by Gasteiger charge is 2.27. The van der Waals surface area contributed by atoms with Crippen LogP contribution in [0.5, 0.6) is 5.75 Å². The molecule has 2 aromatic carbocycles. The quantitative estimate of drug-likeness (QED) is 0.308. The van der Waals surface area contributed by atoms with Crippen molar-refractivity contribution in [1.29, 1.82) is 0 Å². The molecule has 4 aromatic rings. The van der Waals surface area contributed by atoms with Crippen molar-refractivity contribution in [2.24, 2.45) is 0 Å². The summed E-state index contributed by atoms with van der Waals surface area (Å²) >= 11 is 12.6. The van der Waals surface area contributed by atoms with E-state index in [1.807, 2.05) is 48.5 Å². The van der Waals surface area contributed by atoms with Crippen molar-refractivity contribution in [3.8, 4) is 5.75 Å². The Balaban J connectivity index is 1.35. The maximum Gasteiger partial charge on any atom is 0.326 e. The number of pyridine rings is 1. The lowest BCUT2D eigenvalue weighted by molar-refractivity contribution is 0.240. The van der Waals surface area contributed by atoms with Crippen LogP contribution in [0.4, 0.5) is 4.79 Å². The van der Waals surface area contributed by atoms with Crippen LogP contribution in [-0.2, 0) is 19.5 Å². The second-order valence-corrected chi connectivity index (χ2v) is 9.50. The molecule has 0 saturated heterocycles. The first-order valence-electron chi connectivity index (χ1n) is 11.8. The van der Waals surface area contributed by atoms with E-state index in [0.29, 0.717) is 16.7 Å². The predicted octanol–water partition coefficient (Wildman–Crippen LogP) is 6.18. The smallest absolute Gasteiger partial charge is 0.326 e. The molecule has 0 fully saturated rings. The number of amides is 1. The minimum atomic E-state index is -0.199. The molecule has 0 unspecified atom stereocenters. The minimum Gasteiger partial charge on any atom is -0.497 e. The zero-order valence-electron chi connectivity index (χ0n) is 19.9. The number of fused-ring (bicyclic) bond motifs is 3. The van der Waals surface area contributed by atoms with Crippen LogP contribution in [-0.4, -0.2) is 40.7 Å². The average molecular weight is 521 g/mol. The number of carbonyl (C=O) groups is 1. The van der Waals surface area contributed by atoms with Gasteiger partial charge >= 0.3 is 6.03 Å². The van der Waals surface area contributed by atoms with E-state index in [1.54, 1.807) is 23.9 Å². The number of nitrogens with one attached hydrogen (secondary N) is 1. The second-order valence-electron chi connectivity index (χ2n) is 8.70. The first-order valence-corrected chi connectivity index (χ1v) is 12.5. The van der Waals surface area contributed by atoms with Crippen molar-refractivity contribution in [1.82, 2.24) is 19.8 Å². The number of para-hydroxylation sites is 1. The van der Waals surface area contributed by atoms with E-state index >= 15 is 0 Å². The fraction of sp³-hybridized carbons (Fsp3) is 0.214. The number of ether oxygens (including phenoxy) is 1. The van der Waals surface area contributed by atoms with Crippen molar-refractivity contribution in [2.75, 3.05) is 20.2 Å². The summed E-state index contributed by atoms with van der Waals surface area (Å²) in [6.45, 7) is 2.76.